The minimum Gasteiger partial charge on any atom is -0.268 e. The molecule has 144 valence electrons. The number of hydrogen-bond acceptors (Lipinski definition) is 8. The van der Waals surface area contributed by atoms with Crippen molar-refractivity contribution in [3.05, 3.63) is 80.2 Å². The van der Waals surface area contributed by atoms with E-state index in [9.17, 15) is 14.9 Å². The van der Waals surface area contributed by atoms with Crippen LogP contribution in [0.5, 0.6) is 0 Å². The van der Waals surface area contributed by atoms with Crippen molar-refractivity contribution in [2.24, 2.45) is 4.99 Å². The standard InChI is InChI=1S/C19H13N5O3S2/c1-12-21-22-18(28-12)20-19-23(14-5-3-2-4-6-14)17(25)16(29-19)11-13-7-9-15(10-8-13)24(26)27/h2-11H,1H3/b16-11-,20-19+. The number of aromatic nitrogens is 2. The van der Waals surface area contributed by atoms with Crippen LogP contribution in [0.25, 0.3) is 6.08 Å². The number of hydrogen-bond donors (Lipinski definition) is 0. The van der Waals surface area contributed by atoms with Crippen LogP contribution < -0.4 is 4.90 Å². The average Bonchev–Trinajstić information content (AvgIpc) is 3.26. The number of nitro groups is 1. The molecule has 0 saturated carbocycles. The van der Waals surface area contributed by atoms with Crippen LogP contribution in [0.2, 0.25) is 0 Å². The van der Waals surface area contributed by atoms with Gasteiger partial charge in [-0.2, -0.15) is 4.99 Å². The largest absolute Gasteiger partial charge is 0.271 e. The number of aliphatic imine (C=N–C) groups is 1. The zero-order valence-electron chi connectivity index (χ0n) is 15.1. The highest BCUT2D eigenvalue weighted by Gasteiger charge is 2.35. The lowest BCUT2D eigenvalue weighted by Gasteiger charge is -2.14. The van der Waals surface area contributed by atoms with Crippen LogP contribution in [-0.4, -0.2) is 26.2 Å². The molecule has 0 N–H and O–H groups in total. The third-order valence-corrected chi connectivity index (χ3v) is 5.63. The smallest absolute Gasteiger partial charge is 0.268 e. The van der Waals surface area contributed by atoms with E-state index in [1.165, 1.54) is 40.1 Å². The number of carbonyl (C=O) groups is 1. The number of amides is 1. The lowest BCUT2D eigenvalue weighted by Crippen LogP contribution is -2.28. The molecule has 0 spiro atoms. The van der Waals surface area contributed by atoms with E-state index in [0.717, 1.165) is 5.01 Å². The molecular weight excluding hydrogens is 410 g/mol. The Labute approximate surface area is 173 Å². The fraction of sp³-hybridized carbons (Fsp3) is 0.0526. The van der Waals surface area contributed by atoms with Crippen LogP contribution in [0.4, 0.5) is 16.5 Å². The number of benzene rings is 2. The second kappa shape index (κ2) is 7.94. The topological polar surface area (TPSA) is 102 Å². The predicted octanol–water partition coefficient (Wildman–Crippen LogP) is 4.56. The molecule has 1 fully saturated rings. The van der Waals surface area contributed by atoms with E-state index in [1.54, 1.807) is 18.2 Å². The molecule has 0 unspecified atom stereocenters. The number of non-ortho nitro benzene ring substituents is 1. The van der Waals surface area contributed by atoms with Gasteiger partial charge in [-0.05, 0) is 54.6 Å². The predicted molar refractivity (Wildman–Crippen MR) is 114 cm³/mol. The maximum atomic E-state index is 13.1. The molecule has 0 aliphatic carbocycles. The molecular formula is C19H13N5O3S2. The van der Waals surface area contributed by atoms with E-state index < -0.39 is 4.92 Å². The molecule has 2 heterocycles. The minimum atomic E-state index is -0.460. The average molecular weight is 423 g/mol. The van der Waals surface area contributed by atoms with Gasteiger partial charge in [0.1, 0.15) is 5.01 Å². The first-order valence-corrected chi connectivity index (χ1v) is 10.1. The summed E-state index contributed by atoms with van der Waals surface area (Å²) < 4.78 is 0. The first-order valence-electron chi connectivity index (χ1n) is 8.43. The van der Waals surface area contributed by atoms with Gasteiger partial charge in [-0.15, -0.1) is 10.2 Å². The van der Waals surface area contributed by atoms with Gasteiger partial charge in [0.15, 0.2) is 5.17 Å². The van der Waals surface area contributed by atoms with Crippen molar-refractivity contribution < 1.29 is 9.72 Å². The summed E-state index contributed by atoms with van der Waals surface area (Å²) in [6.45, 7) is 1.84. The molecule has 10 heteroatoms. The number of anilines is 1. The van der Waals surface area contributed by atoms with Crippen molar-refractivity contribution in [1.29, 1.82) is 0 Å². The number of para-hydroxylation sites is 1. The van der Waals surface area contributed by atoms with Gasteiger partial charge in [0.05, 0.1) is 15.5 Å². The van der Waals surface area contributed by atoms with E-state index in [1.807, 2.05) is 37.3 Å². The van der Waals surface area contributed by atoms with E-state index in [0.29, 0.717) is 26.5 Å². The lowest BCUT2D eigenvalue weighted by atomic mass is 10.2. The monoisotopic (exact) mass is 423 g/mol. The van der Waals surface area contributed by atoms with E-state index in [-0.39, 0.29) is 11.6 Å². The number of nitrogens with zero attached hydrogens (tertiary/aromatic N) is 5. The second-order valence-corrected chi connectivity index (χ2v) is 8.10. The molecule has 0 bridgehead atoms. The normalized spacial score (nSPS) is 16.7. The number of carbonyl (C=O) groups excluding carboxylic acids is 1. The summed E-state index contributed by atoms with van der Waals surface area (Å²) >= 11 is 2.56. The molecule has 1 saturated heterocycles. The van der Waals surface area contributed by atoms with Crippen molar-refractivity contribution in [3.8, 4) is 0 Å². The van der Waals surface area contributed by atoms with Gasteiger partial charge >= 0.3 is 0 Å². The summed E-state index contributed by atoms with van der Waals surface area (Å²) in [6.07, 6.45) is 1.69. The van der Waals surface area contributed by atoms with Gasteiger partial charge in [0.25, 0.3) is 11.6 Å². The van der Waals surface area contributed by atoms with E-state index in [2.05, 4.69) is 15.2 Å². The fourth-order valence-corrected chi connectivity index (χ4v) is 4.21. The van der Waals surface area contributed by atoms with Crippen LogP contribution in [0, 0.1) is 17.0 Å². The molecule has 1 aliphatic heterocycles. The minimum absolute atomic E-state index is 0.00245. The van der Waals surface area contributed by atoms with Crippen molar-refractivity contribution >= 4 is 56.8 Å². The van der Waals surface area contributed by atoms with Gasteiger partial charge in [-0.25, -0.2) is 0 Å². The Morgan fingerprint density at radius 1 is 1.10 bits per heavy atom. The highest BCUT2D eigenvalue weighted by Crippen LogP contribution is 2.37. The first kappa shape index (κ1) is 19.0. The van der Waals surface area contributed by atoms with Crippen LogP contribution >= 0.6 is 23.1 Å². The Hall–Kier alpha value is -3.37. The third kappa shape index (κ3) is 4.08. The summed E-state index contributed by atoms with van der Waals surface area (Å²) in [4.78, 5) is 30.0. The lowest BCUT2D eigenvalue weighted by molar-refractivity contribution is -0.384. The maximum absolute atomic E-state index is 13.1. The summed E-state index contributed by atoms with van der Waals surface area (Å²) in [6, 6.07) is 15.2. The van der Waals surface area contributed by atoms with E-state index >= 15 is 0 Å². The molecule has 0 atom stereocenters. The Morgan fingerprint density at radius 3 is 2.45 bits per heavy atom. The van der Waals surface area contributed by atoms with Crippen LogP contribution in [-0.2, 0) is 4.79 Å². The van der Waals surface area contributed by atoms with Crippen LogP contribution in [0.1, 0.15) is 10.6 Å². The molecule has 29 heavy (non-hydrogen) atoms. The van der Waals surface area contributed by atoms with Gasteiger partial charge in [-0.1, -0.05) is 29.5 Å². The van der Waals surface area contributed by atoms with Crippen molar-refractivity contribution in [3.63, 3.8) is 0 Å². The van der Waals surface area contributed by atoms with Gasteiger partial charge in [0.2, 0.25) is 5.13 Å². The number of nitro benzene ring substituents is 1. The molecule has 2 aromatic carbocycles. The Balaban J connectivity index is 1.72. The fourth-order valence-electron chi connectivity index (χ4n) is 2.61. The highest BCUT2D eigenvalue weighted by molar-refractivity contribution is 8.19. The summed E-state index contributed by atoms with van der Waals surface area (Å²) in [5.41, 5.74) is 1.38. The Kier molecular flexibility index (Phi) is 5.19. The zero-order valence-corrected chi connectivity index (χ0v) is 16.7. The van der Waals surface area contributed by atoms with Crippen LogP contribution in [0.3, 0.4) is 0 Å². The zero-order chi connectivity index (χ0) is 20.4. The van der Waals surface area contributed by atoms with Crippen LogP contribution in [0.15, 0.2) is 64.5 Å². The molecule has 8 nitrogen and oxygen atoms in total. The van der Waals surface area contributed by atoms with Crippen molar-refractivity contribution in [2.75, 3.05) is 4.90 Å². The van der Waals surface area contributed by atoms with Gasteiger partial charge in [0, 0.05) is 12.1 Å². The van der Waals surface area contributed by atoms with Crippen molar-refractivity contribution in [1.82, 2.24) is 10.2 Å². The third-order valence-electron chi connectivity index (χ3n) is 3.93. The number of thioether (sulfide) groups is 1. The SMILES string of the molecule is Cc1nnc(/N=C2/S/C(=C\c3ccc([N+](=O)[O-])cc3)C(=O)N2c2ccccc2)s1. The molecule has 3 aromatic rings. The van der Waals surface area contributed by atoms with Gasteiger partial charge in [-0.3, -0.25) is 19.8 Å². The molecule has 1 aromatic heterocycles. The second-order valence-electron chi connectivity index (χ2n) is 5.93. The van der Waals surface area contributed by atoms with Crippen molar-refractivity contribution in [2.45, 2.75) is 6.92 Å². The Morgan fingerprint density at radius 2 is 1.83 bits per heavy atom. The number of aryl methyl sites for hydroxylation is 1. The number of amidine groups is 1. The summed E-state index contributed by atoms with van der Waals surface area (Å²) in [7, 11) is 0. The van der Waals surface area contributed by atoms with Gasteiger partial charge < -0.3 is 0 Å². The summed E-state index contributed by atoms with van der Waals surface area (Å²) in [5.74, 6) is -0.223. The summed E-state index contributed by atoms with van der Waals surface area (Å²) in [5, 5.41) is 20.5. The molecule has 1 amide bonds. The quantitative estimate of drug-likeness (QED) is 0.346. The van der Waals surface area contributed by atoms with E-state index in [4.69, 9.17) is 0 Å². The molecule has 1 aliphatic rings. The molecule has 0 radical (unpaired) electrons. The number of rotatable bonds is 4. The Bertz CT molecular complexity index is 1140. The molecule has 4 rings (SSSR count). The highest BCUT2D eigenvalue weighted by atomic mass is 32.2. The first-order chi connectivity index (χ1) is 14.0. The maximum Gasteiger partial charge on any atom is 0.271 e.